The molecule has 0 heterocycles. The average Bonchev–Trinajstić information content (AvgIpc) is 2.64. The van der Waals surface area contributed by atoms with Gasteiger partial charge < -0.3 is 5.32 Å². The van der Waals surface area contributed by atoms with Crippen LogP contribution in [0.25, 0.3) is 6.08 Å². The number of hydrogen-bond acceptors (Lipinski definition) is 1. The normalized spacial score (nSPS) is 11.2. The van der Waals surface area contributed by atoms with Gasteiger partial charge in [-0.2, -0.15) is 0 Å². The van der Waals surface area contributed by atoms with Crippen LogP contribution in [-0.2, 0) is 0 Å². The molecular formula is C22H21N. The molecule has 0 radical (unpaired) electrons. The second kappa shape index (κ2) is 8.11. The van der Waals surface area contributed by atoms with Gasteiger partial charge in [0, 0.05) is 6.54 Å². The van der Waals surface area contributed by atoms with Crippen LogP contribution >= 0.6 is 0 Å². The molecule has 0 amide bonds. The molecule has 0 aliphatic carbocycles. The van der Waals surface area contributed by atoms with E-state index in [0.717, 1.165) is 6.54 Å². The van der Waals surface area contributed by atoms with Gasteiger partial charge in [0.15, 0.2) is 0 Å². The van der Waals surface area contributed by atoms with Crippen molar-refractivity contribution in [1.29, 1.82) is 0 Å². The molecule has 0 spiro atoms. The lowest BCUT2D eigenvalue weighted by atomic mass is 9.99. The first kappa shape index (κ1) is 15.3. The van der Waals surface area contributed by atoms with Crippen LogP contribution in [0.15, 0.2) is 97.1 Å². The second-order valence-electron chi connectivity index (χ2n) is 5.48. The number of benzene rings is 3. The van der Waals surface area contributed by atoms with E-state index < -0.39 is 0 Å². The Morgan fingerprint density at radius 3 is 1.65 bits per heavy atom. The fourth-order valence-corrected chi connectivity index (χ4v) is 2.66. The van der Waals surface area contributed by atoms with Gasteiger partial charge in [-0.1, -0.05) is 103 Å². The molecule has 3 rings (SSSR count). The molecule has 3 aromatic carbocycles. The lowest BCUT2D eigenvalue weighted by Gasteiger charge is -2.19. The van der Waals surface area contributed by atoms with Gasteiger partial charge in [0.05, 0.1) is 6.04 Å². The van der Waals surface area contributed by atoms with Crippen molar-refractivity contribution in [2.75, 3.05) is 6.54 Å². The van der Waals surface area contributed by atoms with Crippen LogP contribution in [0.5, 0.6) is 0 Å². The molecule has 0 saturated carbocycles. The van der Waals surface area contributed by atoms with E-state index in [1.165, 1.54) is 16.7 Å². The summed E-state index contributed by atoms with van der Waals surface area (Å²) in [6, 6.07) is 31.8. The molecule has 1 nitrogen and oxygen atoms in total. The van der Waals surface area contributed by atoms with E-state index in [4.69, 9.17) is 0 Å². The van der Waals surface area contributed by atoms with Gasteiger partial charge >= 0.3 is 0 Å². The average molecular weight is 299 g/mol. The number of hydrogen-bond donors (Lipinski definition) is 1. The smallest absolute Gasteiger partial charge is 0.0579 e. The zero-order chi connectivity index (χ0) is 15.7. The summed E-state index contributed by atoms with van der Waals surface area (Å²) < 4.78 is 0. The molecule has 3 aromatic rings. The summed E-state index contributed by atoms with van der Waals surface area (Å²) in [7, 11) is 0. The lowest BCUT2D eigenvalue weighted by molar-refractivity contribution is 0.653. The van der Waals surface area contributed by atoms with Gasteiger partial charge in [-0.3, -0.25) is 0 Å². The zero-order valence-electron chi connectivity index (χ0n) is 13.1. The summed E-state index contributed by atoms with van der Waals surface area (Å²) in [5.74, 6) is 0. The Hall–Kier alpha value is -2.64. The van der Waals surface area contributed by atoms with Crippen molar-refractivity contribution in [2.45, 2.75) is 6.04 Å². The minimum absolute atomic E-state index is 0.206. The van der Waals surface area contributed by atoms with Crippen LogP contribution < -0.4 is 5.32 Å². The molecule has 0 unspecified atom stereocenters. The Labute approximate surface area is 138 Å². The molecule has 0 aromatic heterocycles. The van der Waals surface area contributed by atoms with Crippen molar-refractivity contribution in [2.24, 2.45) is 0 Å². The van der Waals surface area contributed by atoms with Crippen molar-refractivity contribution in [1.82, 2.24) is 5.32 Å². The summed E-state index contributed by atoms with van der Waals surface area (Å²) >= 11 is 0. The lowest BCUT2D eigenvalue weighted by Crippen LogP contribution is -2.22. The third-order valence-electron chi connectivity index (χ3n) is 3.82. The fourth-order valence-electron chi connectivity index (χ4n) is 2.66. The molecule has 0 bridgehead atoms. The van der Waals surface area contributed by atoms with Crippen LogP contribution in [0.1, 0.15) is 22.7 Å². The maximum absolute atomic E-state index is 3.64. The highest BCUT2D eigenvalue weighted by Crippen LogP contribution is 2.21. The predicted molar refractivity (Wildman–Crippen MR) is 98.2 cm³/mol. The molecule has 0 fully saturated rings. The molecule has 0 saturated heterocycles. The van der Waals surface area contributed by atoms with E-state index in [9.17, 15) is 0 Å². The highest BCUT2D eigenvalue weighted by Gasteiger charge is 2.11. The first-order valence-corrected chi connectivity index (χ1v) is 7.98. The van der Waals surface area contributed by atoms with Crippen LogP contribution in [0.4, 0.5) is 0 Å². The summed E-state index contributed by atoms with van der Waals surface area (Å²) in [4.78, 5) is 0. The Kier molecular flexibility index (Phi) is 5.38. The van der Waals surface area contributed by atoms with E-state index >= 15 is 0 Å². The van der Waals surface area contributed by atoms with E-state index in [-0.39, 0.29) is 6.04 Å². The van der Waals surface area contributed by atoms with Crippen molar-refractivity contribution < 1.29 is 0 Å². The molecule has 1 N–H and O–H groups in total. The summed E-state index contributed by atoms with van der Waals surface area (Å²) in [6.45, 7) is 0.823. The summed E-state index contributed by atoms with van der Waals surface area (Å²) in [5.41, 5.74) is 3.80. The SMILES string of the molecule is C(=C/c1ccccc1)/CNC(c1ccccc1)c1ccccc1. The highest BCUT2D eigenvalue weighted by molar-refractivity contribution is 5.48. The monoisotopic (exact) mass is 299 g/mol. The van der Waals surface area contributed by atoms with Gasteiger partial charge in [-0.15, -0.1) is 0 Å². The minimum atomic E-state index is 0.206. The van der Waals surface area contributed by atoms with Crippen LogP contribution in [0, 0.1) is 0 Å². The van der Waals surface area contributed by atoms with Crippen LogP contribution in [0.2, 0.25) is 0 Å². The minimum Gasteiger partial charge on any atom is -0.303 e. The molecule has 1 heteroatoms. The van der Waals surface area contributed by atoms with Crippen molar-refractivity contribution in [3.63, 3.8) is 0 Å². The Morgan fingerprint density at radius 2 is 1.13 bits per heavy atom. The highest BCUT2D eigenvalue weighted by atomic mass is 14.9. The number of nitrogens with one attached hydrogen (secondary N) is 1. The topological polar surface area (TPSA) is 12.0 Å². The van der Waals surface area contributed by atoms with Gasteiger partial charge in [-0.05, 0) is 16.7 Å². The Bertz CT molecular complexity index is 678. The first-order chi connectivity index (χ1) is 11.4. The zero-order valence-corrected chi connectivity index (χ0v) is 13.1. The second-order valence-corrected chi connectivity index (χ2v) is 5.48. The summed E-state index contributed by atoms with van der Waals surface area (Å²) in [5, 5.41) is 3.64. The third kappa shape index (κ3) is 4.41. The molecule has 0 aliphatic rings. The van der Waals surface area contributed by atoms with Gasteiger partial charge in [0.2, 0.25) is 0 Å². The van der Waals surface area contributed by atoms with E-state index in [0.29, 0.717) is 0 Å². The molecule has 23 heavy (non-hydrogen) atoms. The molecule has 0 aliphatic heterocycles. The van der Waals surface area contributed by atoms with E-state index in [2.05, 4.69) is 102 Å². The largest absolute Gasteiger partial charge is 0.303 e. The quantitative estimate of drug-likeness (QED) is 0.669. The van der Waals surface area contributed by atoms with Crippen molar-refractivity contribution in [3.05, 3.63) is 114 Å². The summed E-state index contributed by atoms with van der Waals surface area (Å²) in [6.07, 6.45) is 4.33. The third-order valence-corrected chi connectivity index (χ3v) is 3.82. The molecule has 0 atom stereocenters. The van der Waals surface area contributed by atoms with Gasteiger partial charge in [-0.25, -0.2) is 0 Å². The Morgan fingerprint density at radius 1 is 0.652 bits per heavy atom. The molecule has 114 valence electrons. The van der Waals surface area contributed by atoms with Gasteiger partial charge in [0.1, 0.15) is 0 Å². The fraction of sp³-hybridized carbons (Fsp3) is 0.0909. The molecular weight excluding hydrogens is 278 g/mol. The standard InChI is InChI=1S/C22H21N/c1-4-11-19(12-5-1)13-10-18-23-22(20-14-6-2-7-15-20)21-16-8-3-9-17-21/h1-17,22-23H,18H2/b13-10-. The van der Waals surface area contributed by atoms with E-state index in [1.54, 1.807) is 0 Å². The maximum atomic E-state index is 3.64. The van der Waals surface area contributed by atoms with E-state index in [1.807, 2.05) is 6.07 Å². The van der Waals surface area contributed by atoms with Crippen LogP contribution in [0.3, 0.4) is 0 Å². The first-order valence-electron chi connectivity index (χ1n) is 7.98. The van der Waals surface area contributed by atoms with Gasteiger partial charge in [0.25, 0.3) is 0 Å². The van der Waals surface area contributed by atoms with Crippen LogP contribution in [-0.4, -0.2) is 6.54 Å². The number of rotatable bonds is 6. The van der Waals surface area contributed by atoms with Crippen molar-refractivity contribution in [3.8, 4) is 0 Å². The Balaban J connectivity index is 1.71. The van der Waals surface area contributed by atoms with Crippen molar-refractivity contribution >= 4 is 6.08 Å². The maximum Gasteiger partial charge on any atom is 0.0579 e. The predicted octanol–water partition coefficient (Wildman–Crippen LogP) is 5.08.